The predicted octanol–water partition coefficient (Wildman–Crippen LogP) is 1.53. The lowest BCUT2D eigenvalue weighted by Crippen LogP contribution is -2.22. The van der Waals surface area contributed by atoms with E-state index in [1.165, 1.54) is 11.3 Å². The van der Waals surface area contributed by atoms with Crippen molar-refractivity contribution < 1.29 is 4.79 Å². The Balaban J connectivity index is 1.93. The summed E-state index contributed by atoms with van der Waals surface area (Å²) in [5, 5.41) is 2.82. The fourth-order valence-corrected chi connectivity index (χ4v) is 2.17. The SMILES string of the molecule is NCc1ccc(C(=O)NCc2ccccn2)s1. The average Bonchev–Trinajstić information content (AvgIpc) is 2.86. The number of carbonyl (C=O) groups excluding carboxylic acids is 1. The van der Waals surface area contributed by atoms with Gasteiger partial charge in [0, 0.05) is 17.6 Å². The standard InChI is InChI=1S/C12H13N3OS/c13-7-10-4-5-11(17-10)12(16)15-8-9-3-1-2-6-14-9/h1-6H,7-8,13H2,(H,15,16). The second-order valence-corrected chi connectivity index (χ2v) is 4.64. The first-order valence-electron chi connectivity index (χ1n) is 5.26. The van der Waals surface area contributed by atoms with Gasteiger partial charge in [-0.2, -0.15) is 0 Å². The minimum atomic E-state index is -0.0830. The van der Waals surface area contributed by atoms with E-state index in [2.05, 4.69) is 10.3 Å². The van der Waals surface area contributed by atoms with Crippen LogP contribution < -0.4 is 11.1 Å². The van der Waals surface area contributed by atoms with Crippen LogP contribution in [-0.4, -0.2) is 10.9 Å². The Labute approximate surface area is 103 Å². The summed E-state index contributed by atoms with van der Waals surface area (Å²) in [4.78, 5) is 17.6. The molecule has 1 amide bonds. The first-order chi connectivity index (χ1) is 8.29. The van der Waals surface area contributed by atoms with Crippen molar-refractivity contribution in [2.45, 2.75) is 13.1 Å². The normalized spacial score (nSPS) is 10.2. The molecule has 0 spiro atoms. The molecule has 0 radical (unpaired) electrons. The summed E-state index contributed by atoms with van der Waals surface area (Å²) in [5.41, 5.74) is 6.34. The summed E-state index contributed by atoms with van der Waals surface area (Å²) < 4.78 is 0. The van der Waals surface area contributed by atoms with Crippen LogP contribution in [0.3, 0.4) is 0 Å². The summed E-state index contributed by atoms with van der Waals surface area (Å²) in [7, 11) is 0. The monoisotopic (exact) mass is 247 g/mol. The van der Waals surface area contributed by atoms with Gasteiger partial charge in [0.05, 0.1) is 17.1 Å². The highest BCUT2D eigenvalue weighted by Gasteiger charge is 2.08. The number of carbonyl (C=O) groups is 1. The number of rotatable bonds is 4. The average molecular weight is 247 g/mol. The Hall–Kier alpha value is -1.72. The molecule has 0 saturated heterocycles. The van der Waals surface area contributed by atoms with E-state index in [0.717, 1.165) is 10.6 Å². The molecule has 0 bridgehead atoms. The second-order valence-electron chi connectivity index (χ2n) is 3.47. The molecule has 0 unspecified atom stereocenters. The minimum Gasteiger partial charge on any atom is -0.346 e. The molecular formula is C12H13N3OS. The van der Waals surface area contributed by atoms with Crippen molar-refractivity contribution in [3.8, 4) is 0 Å². The number of nitrogens with zero attached hydrogens (tertiary/aromatic N) is 1. The van der Waals surface area contributed by atoms with E-state index in [1.807, 2.05) is 24.3 Å². The van der Waals surface area contributed by atoms with Crippen LogP contribution in [-0.2, 0) is 13.1 Å². The van der Waals surface area contributed by atoms with Crippen molar-refractivity contribution in [1.82, 2.24) is 10.3 Å². The first-order valence-corrected chi connectivity index (χ1v) is 6.08. The van der Waals surface area contributed by atoms with Gasteiger partial charge in [0.1, 0.15) is 0 Å². The highest BCUT2D eigenvalue weighted by molar-refractivity contribution is 7.14. The van der Waals surface area contributed by atoms with Crippen LogP contribution in [0, 0.1) is 0 Å². The lowest BCUT2D eigenvalue weighted by molar-refractivity contribution is 0.0954. The Bertz CT molecular complexity index is 495. The molecule has 2 aromatic rings. The summed E-state index contributed by atoms with van der Waals surface area (Å²) in [6.45, 7) is 0.910. The zero-order valence-electron chi connectivity index (χ0n) is 9.22. The predicted molar refractivity (Wildman–Crippen MR) is 67.6 cm³/mol. The summed E-state index contributed by atoms with van der Waals surface area (Å²) in [6.07, 6.45) is 1.71. The van der Waals surface area contributed by atoms with Crippen LogP contribution in [0.5, 0.6) is 0 Å². The lowest BCUT2D eigenvalue weighted by Gasteiger charge is -2.02. The number of amides is 1. The third kappa shape index (κ3) is 3.12. The fraction of sp³-hybridized carbons (Fsp3) is 0.167. The summed E-state index contributed by atoms with van der Waals surface area (Å²) >= 11 is 1.42. The van der Waals surface area contributed by atoms with Crippen LogP contribution in [0.15, 0.2) is 36.5 Å². The van der Waals surface area contributed by atoms with Crippen molar-refractivity contribution >= 4 is 17.2 Å². The third-order valence-electron chi connectivity index (χ3n) is 2.24. The van der Waals surface area contributed by atoms with Gasteiger partial charge >= 0.3 is 0 Å². The smallest absolute Gasteiger partial charge is 0.261 e. The van der Waals surface area contributed by atoms with Gasteiger partial charge in [-0.25, -0.2) is 0 Å². The number of hydrogen-bond donors (Lipinski definition) is 2. The van der Waals surface area contributed by atoms with Crippen LogP contribution in [0.2, 0.25) is 0 Å². The van der Waals surface area contributed by atoms with E-state index in [0.29, 0.717) is 18.0 Å². The van der Waals surface area contributed by atoms with E-state index < -0.39 is 0 Å². The Kier molecular flexibility index (Phi) is 3.85. The maximum atomic E-state index is 11.8. The molecule has 0 aliphatic heterocycles. The van der Waals surface area contributed by atoms with Gasteiger partial charge < -0.3 is 11.1 Å². The zero-order valence-corrected chi connectivity index (χ0v) is 10.0. The highest BCUT2D eigenvalue weighted by atomic mass is 32.1. The van der Waals surface area contributed by atoms with Crippen LogP contribution >= 0.6 is 11.3 Å². The third-order valence-corrected chi connectivity index (χ3v) is 3.35. The van der Waals surface area contributed by atoms with E-state index in [-0.39, 0.29) is 5.91 Å². The first kappa shape index (κ1) is 11.8. The largest absolute Gasteiger partial charge is 0.346 e. The number of nitrogens with two attached hydrogens (primary N) is 1. The Morgan fingerprint density at radius 3 is 2.88 bits per heavy atom. The van der Waals surface area contributed by atoms with Gasteiger partial charge in [-0.1, -0.05) is 6.07 Å². The van der Waals surface area contributed by atoms with Gasteiger partial charge in [-0.15, -0.1) is 11.3 Å². The number of aromatic nitrogens is 1. The van der Waals surface area contributed by atoms with Crippen LogP contribution in [0.4, 0.5) is 0 Å². The molecule has 88 valence electrons. The molecule has 2 aromatic heterocycles. The molecule has 0 saturated carbocycles. The molecule has 3 N–H and O–H groups in total. The lowest BCUT2D eigenvalue weighted by atomic mass is 10.3. The quantitative estimate of drug-likeness (QED) is 0.861. The molecule has 2 heterocycles. The topological polar surface area (TPSA) is 68.0 Å². The molecule has 0 aliphatic rings. The highest BCUT2D eigenvalue weighted by Crippen LogP contribution is 2.15. The van der Waals surface area contributed by atoms with Crippen LogP contribution in [0.1, 0.15) is 20.2 Å². The van der Waals surface area contributed by atoms with Gasteiger partial charge in [0.25, 0.3) is 5.91 Å². The van der Waals surface area contributed by atoms with E-state index >= 15 is 0 Å². The zero-order chi connectivity index (χ0) is 12.1. The molecule has 0 aromatic carbocycles. The molecule has 4 nitrogen and oxygen atoms in total. The Morgan fingerprint density at radius 1 is 1.35 bits per heavy atom. The van der Waals surface area contributed by atoms with Crippen molar-refractivity contribution in [1.29, 1.82) is 0 Å². The molecule has 17 heavy (non-hydrogen) atoms. The van der Waals surface area contributed by atoms with Crippen molar-refractivity contribution in [3.63, 3.8) is 0 Å². The van der Waals surface area contributed by atoms with Crippen molar-refractivity contribution in [3.05, 3.63) is 52.0 Å². The van der Waals surface area contributed by atoms with Crippen molar-refractivity contribution in [2.75, 3.05) is 0 Å². The second kappa shape index (κ2) is 5.56. The molecule has 0 fully saturated rings. The maximum Gasteiger partial charge on any atom is 0.261 e. The molecule has 5 heteroatoms. The minimum absolute atomic E-state index is 0.0830. The van der Waals surface area contributed by atoms with Gasteiger partial charge in [-0.05, 0) is 24.3 Å². The number of hydrogen-bond acceptors (Lipinski definition) is 4. The number of nitrogens with one attached hydrogen (secondary N) is 1. The summed E-state index contributed by atoms with van der Waals surface area (Å²) in [6, 6.07) is 9.28. The van der Waals surface area contributed by atoms with Gasteiger partial charge in [0.15, 0.2) is 0 Å². The van der Waals surface area contributed by atoms with Crippen LogP contribution in [0.25, 0.3) is 0 Å². The van der Waals surface area contributed by atoms with Gasteiger partial charge in [-0.3, -0.25) is 9.78 Å². The summed E-state index contributed by atoms with van der Waals surface area (Å²) in [5.74, 6) is -0.0830. The van der Waals surface area contributed by atoms with Gasteiger partial charge in [0.2, 0.25) is 0 Å². The van der Waals surface area contributed by atoms with E-state index in [4.69, 9.17) is 5.73 Å². The number of thiophene rings is 1. The van der Waals surface area contributed by atoms with Crippen molar-refractivity contribution in [2.24, 2.45) is 5.73 Å². The molecule has 2 rings (SSSR count). The molecular weight excluding hydrogens is 234 g/mol. The Morgan fingerprint density at radius 2 is 2.24 bits per heavy atom. The molecule has 0 aliphatic carbocycles. The number of pyridine rings is 1. The fourth-order valence-electron chi connectivity index (χ4n) is 1.37. The maximum absolute atomic E-state index is 11.8. The van der Waals surface area contributed by atoms with E-state index in [1.54, 1.807) is 12.3 Å². The van der Waals surface area contributed by atoms with E-state index in [9.17, 15) is 4.79 Å². The molecule has 0 atom stereocenters.